The molecule has 0 saturated carbocycles. The lowest BCUT2D eigenvalue weighted by Crippen LogP contribution is -2.29. The van der Waals surface area contributed by atoms with Gasteiger partial charge in [0.2, 0.25) is 12.4 Å². The molecule has 0 atom stereocenters. The Labute approximate surface area is 98.5 Å². The Morgan fingerprint density at radius 3 is 2.76 bits per heavy atom. The molecule has 0 unspecified atom stereocenters. The smallest absolute Gasteiger partial charge is 0.233 e. The lowest BCUT2D eigenvalue weighted by molar-refractivity contribution is -0.904. The van der Waals surface area contributed by atoms with Crippen LogP contribution in [0.4, 0.5) is 0 Å². The molecule has 1 N–H and O–H groups in total. The van der Waals surface area contributed by atoms with Crippen molar-refractivity contribution in [1.29, 1.82) is 0 Å². The van der Waals surface area contributed by atoms with Crippen molar-refractivity contribution in [3.05, 3.63) is 66.3 Å². The van der Waals surface area contributed by atoms with Gasteiger partial charge in [0.15, 0.2) is 5.78 Å². The van der Waals surface area contributed by atoms with E-state index < -0.39 is 0 Å². The summed E-state index contributed by atoms with van der Waals surface area (Å²) in [6.07, 6.45) is 9.30. The van der Waals surface area contributed by atoms with Crippen LogP contribution in [0.1, 0.15) is 15.9 Å². The van der Waals surface area contributed by atoms with Gasteiger partial charge < -0.3 is 0 Å². The first-order valence-electron chi connectivity index (χ1n) is 5.09. The van der Waals surface area contributed by atoms with Crippen molar-refractivity contribution in [2.24, 2.45) is 0 Å². The quantitative estimate of drug-likeness (QED) is 0.374. The first-order chi connectivity index (χ1) is 8.25. The minimum Gasteiger partial charge on any atom is -0.289 e. The van der Waals surface area contributed by atoms with E-state index in [1.54, 1.807) is 42.7 Å². The van der Waals surface area contributed by atoms with Gasteiger partial charge in [0.25, 0.3) is 0 Å². The fourth-order valence-electron chi connectivity index (χ4n) is 1.35. The summed E-state index contributed by atoms with van der Waals surface area (Å²) >= 11 is 0. The van der Waals surface area contributed by atoms with E-state index >= 15 is 0 Å². The van der Waals surface area contributed by atoms with Crippen molar-refractivity contribution in [3.8, 4) is 0 Å². The zero-order chi connectivity index (χ0) is 12.1. The molecule has 0 fully saturated rings. The van der Waals surface area contributed by atoms with Crippen LogP contribution in [-0.2, 0) is 0 Å². The summed E-state index contributed by atoms with van der Waals surface area (Å²) in [5.74, 6) is -0.162. The Morgan fingerprint density at radius 2 is 2.06 bits per heavy atom. The summed E-state index contributed by atoms with van der Waals surface area (Å²) in [4.78, 5) is 15.6. The Hall–Kier alpha value is -2.49. The van der Waals surface area contributed by atoms with Crippen LogP contribution in [0.2, 0.25) is 0 Å². The molecule has 84 valence electrons. The number of pyridine rings is 2. The van der Waals surface area contributed by atoms with Gasteiger partial charge in [0, 0.05) is 23.2 Å². The van der Waals surface area contributed by atoms with Crippen molar-refractivity contribution in [1.82, 2.24) is 4.98 Å². The third-order valence-corrected chi connectivity index (χ3v) is 2.20. The Bertz CT molecular complexity index is 550. The summed E-state index contributed by atoms with van der Waals surface area (Å²) in [6, 6.07) is 6.86. The molecule has 0 saturated heterocycles. The molecule has 0 aliphatic rings. The van der Waals surface area contributed by atoms with Gasteiger partial charge in [-0.25, -0.2) is 0 Å². The van der Waals surface area contributed by atoms with Crippen LogP contribution >= 0.6 is 0 Å². The predicted octanol–water partition coefficient (Wildman–Crippen LogP) is 1.50. The number of aromatic nitrogens is 2. The Morgan fingerprint density at radius 1 is 1.29 bits per heavy atom. The highest BCUT2D eigenvalue weighted by atomic mass is 16.5. The van der Waals surface area contributed by atoms with Gasteiger partial charge >= 0.3 is 0 Å². The number of carbonyl (C=O) groups excluding carboxylic acids is 1. The van der Waals surface area contributed by atoms with Gasteiger partial charge in [-0.1, -0.05) is 6.08 Å². The molecule has 4 heteroatoms. The van der Waals surface area contributed by atoms with Crippen LogP contribution in [0.15, 0.2) is 55.1 Å². The largest absolute Gasteiger partial charge is 0.289 e. The molecule has 0 radical (unpaired) electrons. The van der Waals surface area contributed by atoms with E-state index in [4.69, 9.17) is 0 Å². The normalized spacial score (nSPS) is 10.6. The molecule has 0 aliphatic carbocycles. The van der Waals surface area contributed by atoms with E-state index in [-0.39, 0.29) is 5.78 Å². The topological polar surface area (TPSA) is 54.1 Å². The summed E-state index contributed by atoms with van der Waals surface area (Å²) in [5, 5.41) is 9.18. The first-order valence-corrected chi connectivity index (χ1v) is 5.09. The number of rotatable bonds is 3. The maximum atomic E-state index is 11.7. The van der Waals surface area contributed by atoms with Crippen LogP contribution < -0.4 is 4.73 Å². The minimum atomic E-state index is -0.162. The number of hydrogen-bond donors (Lipinski definition) is 1. The highest BCUT2D eigenvalue weighted by molar-refractivity contribution is 6.06. The van der Waals surface area contributed by atoms with E-state index in [9.17, 15) is 10.0 Å². The highest BCUT2D eigenvalue weighted by Gasteiger charge is 2.06. The lowest BCUT2D eigenvalue weighted by Gasteiger charge is -1.92. The van der Waals surface area contributed by atoms with Crippen molar-refractivity contribution < 1.29 is 14.7 Å². The van der Waals surface area contributed by atoms with Crippen molar-refractivity contribution in [2.75, 3.05) is 0 Å². The maximum absolute atomic E-state index is 11.7. The van der Waals surface area contributed by atoms with Gasteiger partial charge in [0.1, 0.15) is 0 Å². The van der Waals surface area contributed by atoms with Gasteiger partial charge in [0.05, 0.1) is 5.56 Å². The molecule has 17 heavy (non-hydrogen) atoms. The van der Waals surface area contributed by atoms with E-state index in [0.717, 1.165) is 10.3 Å². The molecule has 2 aromatic heterocycles. The van der Waals surface area contributed by atoms with Crippen LogP contribution in [0.25, 0.3) is 6.08 Å². The number of hydrogen-bond acceptors (Lipinski definition) is 3. The number of carbonyl (C=O) groups is 1. The molecular weight excluding hydrogens is 216 g/mol. The highest BCUT2D eigenvalue weighted by Crippen LogP contribution is 2.03. The predicted molar refractivity (Wildman–Crippen MR) is 61.4 cm³/mol. The van der Waals surface area contributed by atoms with Crippen LogP contribution in [0.3, 0.4) is 0 Å². The van der Waals surface area contributed by atoms with Crippen molar-refractivity contribution >= 4 is 11.9 Å². The SMILES string of the molecule is O=C(C=Cc1ccncc1)c1ccc[n+](O)c1. The number of allylic oxidation sites excluding steroid dienone is 1. The molecule has 2 rings (SSSR count). The summed E-state index contributed by atoms with van der Waals surface area (Å²) in [6.45, 7) is 0. The second kappa shape index (κ2) is 5.03. The second-order valence-electron chi connectivity index (χ2n) is 3.45. The summed E-state index contributed by atoms with van der Waals surface area (Å²) < 4.78 is 0.855. The number of nitrogens with zero attached hydrogens (tertiary/aromatic N) is 2. The number of ketones is 1. The van der Waals surface area contributed by atoms with Gasteiger partial charge in [-0.3, -0.25) is 15.0 Å². The van der Waals surface area contributed by atoms with Crippen LogP contribution in [-0.4, -0.2) is 16.0 Å². The van der Waals surface area contributed by atoms with Crippen LogP contribution in [0.5, 0.6) is 0 Å². The van der Waals surface area contributed by atoms with Crippen molar-refractivity contribution in [3.63, 3.8) is 0 Å². The van der Waals surface area contributed by atoms with E-state index in [0.29, 0.717) is 5.56 Å². The molecule has 0 aromatic carbocycles. The summed E-state index contributed by atoms with van der Waals surface area (Å²) in [7, 11) is 0. The molecule has 0 bridgehead atoms. The van der Waals surface area contributed by atoms with E-state index in [1.165, 1.54) is 18.5 Å². The van der Waals surface area contributed by atoms with Crippen molar-refractivity contribution in [2.45, 2.75) is 0 Å². The molecule has 0 aliphatic heterocycles. The third-order valence-electron chi connectivity index (χ3n) is 2.20. The molecular formula is C13H11N2O2+. The Kier molecular flexibility index (Phi) is 3.25. The Balaban J connectivity index is 2.15. The van der Waals surface area contributed by atoms with Gasteiger partial charge in [-0.2, -0.15) is 0 Å². The van der Waals surface area contributed by atoms with Gasteiger partial charge in [-0.05, 0) is 29.8 Å². The monoisotopic (exact) mass is 227 g/mol. The zero-order valence-corrected chi connectivity index (χ0v) is 9.02. The lowest BCUT2D eigenvalue weighted by atomic mass is 10.1. The third kappa shape index (κ3) is 2.98. The molecule has 2 aromatic rings. The fraction of sp³-hybridized carbons (Fsp3) is 0. The standard InChI is InChI=1S/C13H11N2O2/c16-13(12-2-1-9-15(17)10-12)4-3-11-5-7-14-8-6-11/h1-10,17H/q+1. The van der Waals surface area contributed by atoms with E-state index in [2.05, 4.69) is 4.98 Å². The molecule has 0 spiro atoms. The first kappa shape index (κ1) is 11.0. The zero-order valence-electron chi connectivity index (χ0n) is 9.02. The van der Waals surface area contributed by atoms with Gasteiger partial charge in [-0.15, -0.1) is 0 Å². The average molecular weight is 227 g/mol. The maximum Gasteiger partial charge on any atom is 0.233 e. The second-order valence-corrected chi connectivity index (χ2v) is 3.45. The fourth-order valence-corrected chi connectivity index (χ4v) is 1.35. The van der Waals surface area contributed by atoms with Crippen LogP contribution in [0, 0.1) is 0 Å². The average Bonchev–Trinajstić information content (AvgIpc) is 2.37. The molecule has 2 heterocycles. The summed E-state index contributed by atoms with van der Waals surface area (Å²) in [5.41, 5.74) is 1.33. The molecule has 4 nitrogen and oxygen atoms in total. The minimum absolute atomic E-state index is 0.162. The van der Waals surface area contributed by atoms with E-state index in [1.807, 2.05) is 0 Å². The molecule has 0 amide bonds.